The zero-order valence-corrected chi connectivity index (χ0v) is 10.9. The molecule has 0 spiro atoms. The Morgan fingerprint density at radius 3 is 2.88 bits per heavy atom. The zero-order chi connectivity index (χ0) is 12.8. The molecule has 3 N–H and O–H groups in total. The number of nitrogens with two attached hydrogens (primary N) is 1. The van der Waals surface area contributed by atoms with Crippen molar-refractivity contribution in [3.05, 3.63) is 28.5 Å². The minimum absolute atomic E-state index is 0.107. The molecule has 0 saturated heterocycles. The Hall–Kier alpha value is -1.30. The quantitative estimate of drug-likeness (QED) is 0.380. The average molecular weight is 305 g/mol. The summed E-state index contributed by atoms with van der Waals surface area (Å²) in [6, 6.07) is 4.18. The molecule has 0 fully saturated rings. The van der Waals surface area contributed by atoms with Crippen LogP contribution in [-0.4, -0.2) is 17.1 Å². The van der Waals surface area contributed by atoms with Crippen molar-refractivity contribution in [3.8, 4) is 5.75 Å². The summed E-state index contributed by atoms with van der Waals surface area (Å²) in [5, 5.41) is 11.4. The molecular weight excluding hydrogens is 291 g/mol. The van der Waals surface area contributed by atoms with Gasteiger partial charge in [0.2, 0.25) is 0 Å². The Kier molecular flexibility index (Phi) is 5.21. The van der Waals surface area contributed by atoms with Crippen LogP contribution in [-0.2, 0) is 0 Å². The molecule has 1 atom stereocenters. The largest absolute Gasteiger partial charge is 0.489 e. The van der Waals surface area contributed by atoms with Crippen LogP contribution in [0.5, 0.6) is 5.75 Å². The highest BCUT2D eigenvalue weighted by Crippen LogP contribution is 2.27. The Morgan fingerprint density at radius 1 is 1.65 bits per heavy atom. The summed E-state index contributed by atoms with van der Waals surface area (Å²) in [7, 11) is 0. The Bertz CT molecular complexity index is 412. The van der Waals surface area contributed by atoms with Crippen LogP contribution in [0, 0.1) is 5.82 Å². The van der Waals surface area contributed by atoms with Crippen molar-refractivity contribution in [2.24, 2.45) is 10.9 Å². The van der Waals surface area contributed by atoms with Gasteiger partial charge in [-0.3, -0.25) is 0 Å². The highest BCUT2D eigenvalue weighted by atomic mass is 79.9. The van der Waals surface area contributed by atoms with Gasteiger partial charge in [-0.25, -0.2) is 4.39 Å². The third-order valence-corrected chi connectivity index (χ3v) is 2.83. The number of amidine groups is 1. The predicted molar refractivity (Wildman–Crippen MR) is 66.8 cm³/mol. The summed E-state index contributed by atoms with van der Waals surface area (Å²) in [5.74, 6) is 0.299. The number of ether oxygens (including phenoxy) is 1. The van der Waals surface area contributed by atoms with Gasteiger partial charge in [0.25, 0.3) is 0 Å². The normalized spacial score (nSPS) is 13.5. The molecule has 0 aliphatic rings. The molecule has 4 nitrogen and oxygen atoms in total. The predicted octanol–water partition coefficient (Wildman–Crippen LogP) is 2.88. The fourth-order valence-corrected chi connectivity index (χ4v) is 1.74. The molecule has 0 saturated carbocycles. The standard InChI is InChI=1S/C11H14BrFN2O2/c1-2-8(6-11(14)15-16)17-10-4-3-7(13)5-9(10)12/h3-5,8,16H,2,6H2,1H3,(H2,14,15). The van der Waals surface area contributed by atoms with Gasteiger partial charge in [0, 0.05) is 6.42 Å². The van der Waals surface area contributed by atoms with Gasteiger partial charge in [0.05, 0.1) is 4.47 Å². The summed E-state index contributed by atoms with van der Waals surface area (Å²) < 4.78 is 19.0. The van der Waals surface area contributed by atoms with E-state index in [2.05, 4.69) is 21.1 Å². The van der Waals surface area contributed by atoms with E-state index < -0.39 is 0 Å². The summed E-state index contributed by atoms with van der Waals surface area (Å²) in [4.78, 5) is 0. The van der Waals surface area contributed by atoms with Gasteiger partial charge in [0.1, 0.15) is 23.5 Å². The number of nitrogens with zero attached hydrogens (tertiary/aromatic N) is 1. The lowest BCUT2D eigenvalue weighted by Gasteiger charge is -2.17. The number of halogens is 2. The maximum absolute atomic E-state index is 12.9. The topological polar surface area (TPSA) is 67.8 Å². The van der Waals surface area contributed by atoms with E-state index in [4.69, 9.17) is 15.7 Å². The minimum Gasteiger partial charge on any atom is -0.489 e. The third kappa shape index (κ3) is 4.22. The van der Waals surface area contributed by atoms with E-state index in [1.165, 1.54) is 18.2 Å². The summed E-state index contributed by atoms with van der Waals surface area (Å²) in [6.07, 6.45) is 0.796. The monoisotopic (exact) mass is 304 g/mol. The SMILES string of the molecule is CCC(C/C(N)=N/O)Oc1ccc(F)cc1Br. The Labute approximate surface area is 107 Å². The second-order valence-corrected chi connectivity index (χ2v) is 4.37. The van der Waals surface area contributed by atoms with Crippen LogP contribution in [0.15, 0.2) is 27.8 Å². The third-order valence-electron chi connectivity index (χ3n) is 2.21. The van der Waals surface area contributed by atoms with E-state index in [0.717, 1.165) is 0 Å². The van der Waals surface area contributed by atoms with Crippen LogP contribution in [0.25, 0.3) is 0 Å². The molecule has 1 aromatic rings. The lowest BCUT2D eigenvalue weighted by Crippen LogP contribution is -2.24. The van der Waals surface area contributed by atoms with E-state index >= 15 is 0 Å². The van der Waals surface area contributed by atoms with Gasteiger partial charge < -0.3 is 15.7 Å². The first-order chi connectivity index (χ1) is 8.06. The molecule has 6 heteroatoms. The van der Waals surface area contributed by atoms with Crippen molar-refractivity contribution < 1.29 is 14.3 Å². The highest BCUT2D eigenvalue weighted by Gasteiger charge is 2.13. The van der Waals surface area contributed by atoms with E-state index in [1.807, 2.05) is 6.92 Å². The van der Waals surface area contributed by atoms with Crippen molar-refractivity contribution in [2.45, 2.75) is 25.9 Å². The van der Waals surface area contributed by atoms with E-state index in [0.29, 0.717) is 23.1 Å². The van der Waals surface area contributed by atoms with Crippen molar-refractivity contribution >= 4 is 21.8 Å². The number of oxime groups is 1. The molecule has 1 aromatic carbocycles. The summed E-state index contributed by atoms with van der Waals surface area (Å²) in [6.45, 7) is 1.92. The van der Waals surface area contributed by atoms with Gasteiger partial charge >= 0.3 is 0 Å². The van der Waals surface area contributed by atoms with Crippen LogP contribution in [0.1, 0.15) is 19.8 Å². The molecule has 0 amide bonds. The van der Waals surface area contributed by atoms with Crippen molar-refractivity contribution in [3.63, 3.8) is 0 Å². The summed E-state index contributed by atoms with van der Waals surface area (Å²) >= 11 is 3.21. The molecule has 1 unspecified atom stereocenters. The number of hydrogen-bond acceptors (Lipinski definition) is 3. The first kappa shape index (κ1) is 13.8. The molecule has 0 aliphatic heterocycles. The van der Waals surface area contributed by atoms with Gasteiger partial charge in [-0.2, -0.15) is 0 Å². The fourth-order valence-electron chi connectivity index (χ4n) is 1.29. The molecule has 94 valence electrons. The molecular formula is C11H14BrFN2O2. The summed E-state index contributed by atoms with van der Waals surface area (Å²) in [5.41, 5.74) is 5.41. The average Bonchev–Trinajstić information content (AvgIpc) is 2.31. The van der Waals surface area contributed by atoms with Crippen LogP contribution in [0.4, 0.5) is 4.39 Å². The van der Waals surface area contributed by atoms with Gasteiger partial charge in [-0.05, 0) is 40.5 Å². The van der Waals surface area contributed by atoms with E-state index in [-0.39, 0.29) is 17.8 Å². The van der Waals surface area contributed by atoms with Crippen molar-refractivity contribution in [2.75, 3.05) is 0 Å². The second kappa shape index (κ2) is 6.44. The van der Waals surface area contributed by atoms with Crippen molar-refractivity contribution in [1.82, 2.24) is 0 Å². The molecule has 1 rings (SSSR count). The van der Waals surface area contributed by atoms with Gasteiger partial charge in [-0.1, -0.05) is 12.1 Å². The second-order valence-electron chi connectivity index (χ2n) is 3.52. The van der Waals surface area contributed by atoms with Crippen LogP contribution >= 0.6 is 15.9 Å². The molecule has 0 aromatic heterocycles. The first-order valence-corrected chi connectivity index (χ1v) is 5.94. The minimum atomic E-state index is -0.339. The number of rotatable bonds is 5. The lowest BCUT2D eigenvalue weighted by atomic mass is 10.2. The van der Waals surface area contributed by atoms with E-state index in [9.17, 15) is 4.39 Å². The molecule has 17 heavy (non-hydrogen) atoms. The van der Waals surface area contributed by atoms with Crippen LogP contribution in [0.3, 0.4) is 0 Å². The Morgan fingerprint density at radius 2 is 2.35 bits per heavy atom. The maximum atomic E-state index is 12.9. The molecule has 0 heterocycles. The fraction of sp³-hybridized carbons (Fsp3) is 0.364. The lowest BCUT2D eigenvalue weighted by molar-refractivity contribution is 0.201. The zero-order valence-electron chi connectivity index (χ0n) is 9.36. The first-order valence-electron chi connectivity index (χ1n) is 5.15. The van der Waals surface area contributed by atoms with Crippen molar-refractivity contribution in [1.29, 1.82) is 0 Å². The molecule has 0 radical (unpaired) electrons. The maximum Gasteiger partial charge on any atom is 0.142 e. The van der Waals surface area contributed by atoms with E-state index in [1.54, 1.807) is 0 Å². The number of hydrogen-bond donors (Lipinski definition) is 2. The smallest absolute Gasteiger partial charge is 0.142 e. The number of benzene rings is 1. The molecule has 0 bridgehead atoms. The Balaban J connectivity index is 2.73. The van der Waals surface area contributed by atoms with Gasteiger partial charge in [-0.15, -0.1) is 0 Å². The van der Waals surface area contributed by atoms with Gasteiger partial charge in [0.15, 0.2) is 0 Å². The molecule has 0 aliphatic carbocycles. The van der Waals surface area contributed by atoms with Crippen LogP contribution in [0.2, 0.25) is 0 Å². The van der Waals surface area contributed by atoms with Crippen LogP contribution < -0.4 is 10.5 Å². The highest BCUT2D eigenvalue weighted by molar-refractivity contribution is 9.10.